The van der Waals surface area contributed by atoms with Crippen molar-refractivity contribution in [1.29, 1.82) is 0 Å². The smallest absolute Gasteiger partial charge is 0.226 e. The van der Waals surface area contributed by atoms with Crippen LogP contribution in [0.25, 0.3) is 0 Å². The fourth-order valence-corrected chi connectivity index (χ4v) is 8.51. The van der Waals surface area contributed by atoms with Gasteiger partial charge in [-0.1, -0.05) is 26.0 Å². The highest BCUT2D eigenvalue weighted by Gasteiger charge is 2.78. The molecule has 2 spiro atoms. The fraction of sp³-hybridized carbons (Fsp3) is 0.792. The SMILES string of the molecule is C=C1C[C@@H]2[C@H]3CC[C@]4(OCO[C@@]45COCO5)[C@@]3(C)[C@H](O)C[C@H]2[C@@]2(C)CCC(=O)C=C12. The van der Waals surface area contributed by atoms with Crippen molar-refractivity contribution in [1.82, 2.24) is 0 Å². The standard InChI is InChI=1S/C24H32O6/c1-14-8-16-17-5-7-23(24(30-13-28-23)11-27-12-29-24)22(17,3)20(26)10-19(16)21(2)6-4-15(25)9-18(14)21/h9,16-17,19-20,26H,1,4-8,10-13H2,2-3H3/t16-,17-,19-,20-,21+,22-,23+,24+/m1/s1. The topological polar surface area (TPSA) is 74.2 Å². The largest absolute Gasteiger partial charge is 0.392 e. The summed E-state index contributed by atoms with van der Waals surface area (Å²) in [5, 5.41) is 11.7. The van der Waals surface area contributed by atoms with Crippen LogP contribution in [0, 0.1) is 28.6 Å². The number of aliphatic hydroxyl groups is 1. The lowest BCUT2D eigenvalue weighted by Gasteiger charge is -2.62. The van der Waals surface area contributed by atoms with E-state index in [2.05, 4.69) is 20.4 Å². The molecule has 6 nitrogen and oxygen atoms in total. The van der Waals surface area contributed by atoms with Crippen molar-refractivity contribution in [3.8, 4) is 0 Å². The molecule has 0 aromatic rings. The number of carbonyl (C=O) groups is 1. The molecule has 6 rings (SSSR count). The molecule has 0 bridgehead atoms. The molecule has 6 heteroatoms. The molecular formula is C24H32O6. The second-order valence-corrected chi connectivity index (χ2v) is 10.8. The number of ether oxygens (including phenoxy) is 4. The van der Waals surface area contributed by atoms with Crippen LogP contribution in [0.15, 0.2) is 23.8 Å². The highest BCUT2D eigenvalue weighted by molar-refractivity contribution is 5.92. The summed E-state index contributed by atoms with van der Waals surface area (Å²) in [4.78, 5) is 12.2. The average Bonchev–Trinajstić information content (AvgIpc) is 3.41. The molecular weight excluding hydrogens is 384 g/mol. The van der Waals surface area contributed by atoms with Gasteiger partial charge in [0.15, 0.2) is 19.4 Å². The summed E-state index contributed by atoms with van der Waals surface area (Å²) in [7, 11) is 0. The van der Waals surface area contributed by atoms with Crippen LogP contribution in [0.4, 0.5) is 0 Å². The summed E-state index contributed by atoms with van der Waals surface area (Å²) in [6, 6.07) is 0. The molecule has 4 aliphatic carbocycles. The number of rotatable bonds is 0. The number of aliphatic hydroxyl groups excluding tert-OH is 1. The van der Waals surface area contributed by atoms with Gasteiger partial charge in [-0.3, -0.25) is 4.79 Å². The van der Waals surface area contributed by atoms with Crippen LogP contribution in [0.3, 0.4) is 0 Å². The van der Waals surface area contributed by atoms with Gasteiger partial charge in [-0.15, -0.1) is 0 Å². The van der Waals surface area contributed by atoms with Gasteiger partial charge in [0.25, 0.3) is 0 Å². The van der Waals surface area contributed by atoms with E-state index in [4.69, 9.17) is 18.9 Å². The average molecular weight is 417 g/mol. The summed E-state index contributed by atoms with van der Waals surface area (Å²) in [6.45, 7) is 9.59. The Bertz CT molecular complexity index is 837. The third kappa shape index (κ3) is 2.06. The predicted molar refractivity (Wildman–Crippen MR) is 107 cm³/mol. The summed E-state index contributed by atoms with van der Waals surface area (Å²) in [6.07, 6.45) is 6.08. The zero-order chi connectivity index (χ0) is 20.9. The molecule has 6 aliphatic rings. The Kier molecular flexibility index (Phi) is 3.95. The number of hydrogen-bond donors (Lipinski definition) is 1. The lowest BCUT2D eigenvalue weighted by molar-refractivity contribution is -0.269. The molecule has 3 saturated carbocycles. The Morgan fingerprint density at radius 1 is 1.13 bits per heavy atom. The zero-order valence-corrected chi connectivity index (χ0v) is 17.9. The lowest BCUT2D eigenvalue weighted by Crippen LogP contribution is -2.68. The second-order valence-electron chi connectivity index (χ2n) is 10.8. The summed E-state index contributed by atoms with van der Waals surface area (Å²) in [5.74, 6) is 0.304. The number of allylic oxidation sites excluding steroid dienone is 2. The van der Waals surface area contributed by atoms with Gasteiger partial charge in [-0.25, -0.2) is 0 Å². The van der Waals surface area contributed by atoms with E-state index < -0.39 is 22.9 Å². The minimum Gasteiger partial charge on any atom is -0.392 e. The lowest BCUT2D eigenvalue weighted by atomic mass is 9.44. The first-order valence-corrected chi connectivity index (χ1v) is 11.4. The molecule has 1 N–H and O–H groups in total. The third-order valence-electron chi connectivity index (χ3n) is 10.0. The monoisotopic (exact) mass is 416 g/mol. The predicted octanol–water partition coefficient (Wildman–Crippen LogP) is 3.10. The summed E-state index contributed by atoms with van der Waals surface area (Å²) < 4.78 is 24.0. The van der Waals surface area contributed by atoms with E-state index >= 15 is 0 Å². The fourth-order valence-electron chi connectivity index (χ4n) is 8.51. The zero-order valence-electron chi connectivity index (χ0n) is 17.9. The van der Waals surface area contributed by atoms with Gasteiger partial charge in [0.2, 0.25) is 5.79 Å². The van der Waals surface area contributed by atoms with Crippen molar-refractivity contribution in [3.63, 3.8) is 0 Å². The van der Waals surface area contributed by atoms with Crippen LogP contribution in [0.1, 0.15) is 52.4 Å². The molecule has 2 aliphatic heterocycles. The van der Waals surface area contributed by atoms with E-state index in [0.29, 0.717) is 31.3 Å². The molecule has 164 valence electrons. The molecule has 0 amide bonds. The van der Waals surface area contributed by atoms with Crippen molar-refractivity contribution < 1.29 is 28.8 Å². The Morgan fingerprint density at radius 3 is 2.70 bits per heavy atom. The first-order chi connectivity index (χ1) is 14.3. The first-order valence-electron chi connectivity index (χ1n) is 11.4. The van der Waals surface area contributed by atoms with Gasteiger partial charge in [-0.2, -0.15) is 0 Å². The van der Waals surface area contributed by atoms with Gasteiger partial charge in [-0.05, 0) is 66.9 Å². The van der Waals surface area contributed by atoms with Crippen LogP contribution >= 0.6 is 0 Å². The van der Waals surface area contributed by atoms with Crippen LogP contribution in [-0.2, 0) is 23.7 Å². The molecule has 0 radical (unpaired) electrons. The number of carbonyl (C=O) groups excluding carboxylic acids is 1. The van der Waals surface area contributed by atoms with Crippen molar-refractivity contribution in [3.05, 3.63) is 23.8 Å². The van der Waals surface area contributed by atoms with E-state index in [1.807, 2.05) is 6.08 Å². The van der Waals surface area contributed by atoms with E-state index in [0.717, 1.165) is 36.8 Å². The van der Waals surface area contributed by atoms with Crippen molar-refractivity contribution in [2.45, 2.75) is 69.9 Å². The van der Waals surface area contributed by atoms with Crippen LogP contribution in [-0.4, -0.2) is 48.6 Å². The maximum absolute atomic E-state index is 12.2. The molecule has 2 saturated heterocycles. The van der Waals surface area contributed by atoms with Crippen LogP contribution in [0.2, 0.25) is 0 Å². The molecule has 2 heterocycles. The van der Waals surface area contributed by atoms with E-state index in [-0.39, 0.29) is 30.7 Å². The summed E-state index contributed by atoms with van der Waals surface area (Å²) >= 11 is 0. The minimum atomic E-state index is -0.928. The molecule has 0 aromatic heterocycles. The highest BCUT2D eigenvalue weighted by atomic mass is 16.9. The highest BCUT2D eigenvalue weighted by Crippen LogP contribution is 2.71. The van der Waals surface area contributed by atoms with Gasteiger partial charge in [0, 0.05) is 11.8 Å². The summed E-state index contributed by atoms with van der Waals surface area (Å²) in [5.41, 5.74) is 0.954. The molecule has 0 unspecified atom stereocenters. The molecule has 8 atom stereocenters. The van der Waals surface area contributed by atoms with Gasteiger partial charge in [0.05, 0.1) is 6.10 Å². The normalized spacial score (nSPS) is 55.0. The van der Waals surface area contributed by atoms with Gasteiger partial charge in [0.1, 0.15) is 12.2 Å². The second kappa shape index (κ2) is 6.04. The maximum Gasteiger partial charge on any atom is 0.226 e. The van der Waals surface area contributed by atoms with Crippen LogP contribution in [0.5, 0.6) is 0 Å². The Balaban J connectivity index is 1.43. The molecule has 0 aromatic carbocycles. The van der Waals surface area contributed by atoms with E-state index in [1.54, 1.807) is 0 Å². The number of fused-ring (bicyclic) bond motifs is 7. The maximum atomic E-state index is 12.2. The van der Waals surface area contributed by atoms with Gasteiger partial charge >= 0.3 is 0 Å². The molecule has 30 heavy (non-hydrogen) atoms. The van der Waals surface area contributed by atoms with Crippen molar-refractivity contribution in [2.24, 2.45) is 28.6 Å². The minimum absolute atomic E-state index is 0.0936. The van der Waals surface area contributed by atoms with E-state index in [1.165, 1.54) is 0 Å². The van der Waals surface area contributed by atoms with Crippen molar-refractivity contribution in [2.75, 3.05) is 20.2 Å². The quantitative estimate of drug-likeness (QED) is 0.654. The Hall–Kier alpha value is -1.05. The van der Waals surface area contributed by atoms with E-state index in [9.17, 15) is 9.90 Å². The number of ketones is 1. The Labute approximate surface area is 177 Å². The Morgan fingerprint density at radius 2 is 1.93 bits per heavy atom. The number of hydrogen-bond acceptors (Lipinski definition) is 6. The van der Waals surface area contributed by atoms with Crippen molar-refractivity contribution >= 4 is 5.78 Å². The third-order valence-corrected chi connectivity index (χ3v) is 10.0. The van der Waals surface area contributed by atoms with Gasteiger partial charge < -0.3 is 24.1 Å². The van der Waals surface area contributed by atoms with Crippen LogP contribution < -0.4 is 0 Å². The first kappa shape index (κ1) is 19.6. The molecule has 5 fully saturated rings.